The van der Waals surface area contributed by atoms with Crippen LogP contribution in [0.4, 0.5) is 11.4 Å². The summed E-state index contributed by atoms with van der Waals surface area (Å²) in [5, 5.41) is 22.1. The fourth-order valence-electron chi connectivity index (χ4n) is 5.24. The molecule has 0 radical (unpaired) electrons. The number of nitro groups is 1. The molecule has 50 heavy (non-hydrogen) atoms. The van der Waals surface area contributed by atoms with Crippen LogP contribution in [0.15, 0.2) is 97.1 Å². The largest absolute Gasteiger partial charge is 0.497 e. The van der Waals surface area contributed by atoms with E-state index in [2.05, 4.69) is 10.3 Å². The van der Waals surface area contributed by atoms with Crippen LogP contribution in [0, 0.1) is 10.1 Å². The molecule has 256 valence electrons. The summed E-state index contributed by atoms with van der Waals surface area (Å²) in [7, 11) is 1.53. The molecular weight excluding hydrogens is 642 g/mol. The number of hydrogen-bond acceptors (Lipinski definition) is 10. The van der Waals surface area contributed by atoms with Crippen LogP contribution in [0.3, 0.4) is 0 Å². The van der Waals surface area contributed by atoms with Crippen molar-refractivity contribution < 1.29 is 33.6 Å². The van der Waals surface area contributed by atoms with E-state index in [0.717, 1.165) is 11.5 Å². The molecule has 0 bridgehead atoms. The zero-order valence-corrected chi connectivity index (χ0v) is 27.8. The van der Waals surface area contributed by atoms with Crippen LogP contribution in [0.1, 0.15) is 69.2 Å². The minimum atomic E-state index is -0.931. The molecule has 13 heteroatoms. The van der Waals surface area contributed by atoms with Crippen molar-refractivity contribution in [1.82, 2.24) is 15.0 Å². The van der Waals surface area contributed by atoms with Crippen molar-refractivity contribution >= 4 is 29.0 Å². The van der Waals surface area contributed by atoms with Crippen molar-refractivity contribution in [3.63, 3.8) is 0 Å². The Balaban J connectivity index is 1.75. The van der Waals surface area contributed by atoms with E-state index < -0.39 is 39.5 Å². The first-order valence-electron chi connectivity index (χ1n) is 16.0. The highest BCUT2D eigenvalue weighted by molar-refractivity contribution is 6.18. The summed E-state index contributed by atoms with van der Waals surface area (Å²) in [6.45, 7) is 3.56. The Morgan fingerprint density at radius 1 is 0.900 bits per heavy atom. The van der Waals surface area contributed by atoms with Gasteiger partial charge in [0.05, 0.1) is 31.8 Å². The van der Waals surface area contributed by atoms with Crippen molar-refractivity contribution in [2.75, 3.05) is 25.4 Å². The van der Waals surface area contributed by atoms with Crippen LogP contribution >= 0.6 is 0 Å². The van der Waals surface area contributed by atoms with E-state index in [4.69, 9.17) is 14.3 Å². The van der Waals surface area contributed by atoms with Gasteiger partial charge in [0.2, 0.25) is 11.5 Å². The summed E-state index contributed by atoms with van der Waals surface area (Å²) in [5.74, 6) is -1.93. The molecule has 0 saturated carbocycles. The summed E-state index contributed by atoms with van der Waals surface area (Å²) in [5.41, 5.74) is -0.415. The quantitative estimate of drug-likeness (QED) is 0.0384. The van der Waals surface area contributed by atoms with Gasteiger partial charge < -0.3 is 9.47 Å². The first-order chi connectivity index (χ1) is 24.3. The van der Waals surface area contributed by atoms with Crippen molar-refractivity contribution in [1.29, 1.82) is 0 Å². The van der Waals surface area contributed by atoms with Gasteiger partial charge in [-0.15, -0.1) is 5.10 Å². The van der Waals surface area contributed by atoms with Crippen molar-refractivity contribution in [2.45, 2.75) is 33.2 Å². The number of hydrogen-bond donors (Lipinski definition) is 0. The molecule has 5 rings (SSSR count). The molecule has 1 aromatic heterocycles. The van der Waals surface area contributed by atoms with Crippen LogP contribution in [0.5, 0.6) is 5.75 Å². The number of hydroxylamine groups is 1. The number of carbonyl (C=O) groups excluding carboxylic acids is 3. The van der Waals surface area contributed by atoms with E-state index >= 15 is 0 Å². The molecule has 0 fully saturated rings. The van der Waals surface area contributed by atoms with Crippen LogP contribution < -0.4 is 9.80 Å². The molecule has 13 nitrogen and oxygen atoms in total. The number of nitrogens with zero attached hydrogens (tertiary/aromatic N) is 5. The molecule has 0 spiro atoms. The van der Waals surface area contributed by atoms with Crippen LogP contribution in [0.25, 0.3) is 11.1 Å². The number of aromatic nitrogens is 3. The maximum atomic E-state index is 14.6. The monoisotopic (exact) mass is 677 g/mol. The normalized spacial score (nSPS) is 10.8. The van der Waals surface area contributed by atoms with Gasteiger partial charge in [0.1, 0.15) is 17.0 Å². The lowest BCUT2D eigenvalue weighted by atomic mass is 9.95. The van der Waals surface area contributed by atoms with Gasteiger partial charge in [-0.3, -0.25) is 24.5 Å². The Morgan fingerprint density at radius 2 is 1.58 bits per heavy atom. The number of benzene rings is 4. The number of esters is 1. The average Bonchev–Trinajstić information content (AvgIpc) is 3.57. The molecule has 0 saturated heterocycles. The van der Waals surface area contributed by atoms with Crippen molar-refractivity contribution in [3.8, 4) is 16.9 Å². The number of rotatable bonds is 15. The zero-order chi connectivity index (χ0) is 35.6. The smallest absolute Gasteiger partial charge is 0.361 e. The van der Waals surface area contributed by atoms with Gasteiger partial charge in [0.15, 0.2) is 5.69 Å². The molecule has 0 aliphatic heterocycles. The predicted molar refractivity (Wildman–Crippen MR) is 184 cm³/mol. The van der Waals surface area contributed by atoms with Crippen LogP contribution in [-0.4, -0.2) is 57.9 Å². The molecule has 0 atom stereocenters. The minimum Gasteiger partial charge on any atom is -0.497 e. The molecule has 0 aliphatic rings. The number of anilines is 1. The van der Waals surface area contributed by atoms with Gasteiger partial charge in [-0.1, -0.05) is 85.3 Å². The molecule has 1 heterocycles. The fraction of sp³-hybridized carbons (Fsp3) is 0.216. The maximum Gasteiger partial charge on any atom is 0.361 e. The molecule has 0 aliphatic carbocycles. The number of amides is 1. The third kappa shape index (κ3) is 7.58. The molecular formula is C37H35N5O8. The second kappa shape index (κ2) is 16.3. The Kier molecular flexibility index (Phi) is 11.4. The van der Waals surface area contributed by atoms with E-state index in [0.29, 0.717) is 23.3 Å². The van der Waals surface area contributed by atoms with E-state index in [1.54, 1.807) is 91.9 Å². The summed E-state index contributed by atoms with van der Waals surface area (Å²) < 4.78 is 11.6. The third-order valence-electron chi connectivity index (χ3n) is 7.70. The number of ketones is 1. The SMILES string of the molecule is CCCCON(C(=O)c1ccccc1)c1c(-c2ccccc2)ccc(C(=O)c2c(C(=O)OCC)nnn2Cc2ccc(OC)cc2)c1[N+](=O)[O-]. The van der Waals surface area contributed by atoms with Crippen molar-refractivity contribution in [2.24, 2.45) is 0 Å². The van der Waals surface area contributed by atoms with Gasteiger partial charge in [-0.05, 0) is 54.8 Å². The van der Waals surface area contributed by atoms with Crippen molar-refractivity contribution in [3.05, 3.63) is 135 Å². The van der Waals surface area contributed by atoms with E-state index in [9.17, 15) is 24.5 Å². The molecule has 4 aromatic carbocycles. The van der Waals surface area contributed by atoms with E-state index in [-0.39, 0.29) is 42.3 Å². The Labute approximate surface area is 288 Å². The number of methoxy groups -OCH3 is 1. The Hall–Kier alpha value is -6.21. The number of unbranched alkanes of at least 4 members (excludes halogenated alkanes) is 1. The highest BCUT2D eigenvalue weighted by atomic mass is 16.7. The molecule has 0 unspecified atom stereocenters. The first kappa shape index (κ1) is 35.1. The zero-order valence-electron chi connectivity index (χ0n) is 27.8. The molecule has 0 N–H and O–H groups in total. The highest BCUT2D eigenvalue weighted by Crippen LogP contribution is 2.43. The fourth-order valence-corrected chi connectivity index (χ4v) is 5.24. The first-order valence-corrected chi connectivity index (χ1v) is 16.0. The standard InChI is InChI=1S/C37H35N5O8/c1-4-6-23-50-41(36(44)27-15-11-8-12-16-27)32-29(26-13-9-7-10-14-26)21-22-30(33(32)42(46)47)35(43)34-31(37(45)49-5-2)38-39-40(34)24-25-17-19-28(48-3)20-18-25/h7-22H,4-6,23-24H2,1-3H3. The second-order valence-corrected chi connectivity index (χ2v) is 11.0. The lowest BCUT2D eigenvalue weighted by molar-refractivity contribution is -0.384. The van der Waals surface area contributed by atoms with Gasteiger partial charge >= 0.3 is 11.7 Å². The second-order valence-electron chi connectivity index (χ2n) is 11.0. The van der Waals surface area contributed by atoms with Crippen LogP contribution in [-0.2, 0) is 16.1 Å². The Morgan fingerprint density at radius 3 is 2.20 bits per heavy atom. The topological polar surface area (TPSA) is 156 Å². The Bertz CT molecular complexity index is 1980. The summed E-state index contributed by atoms with van der Waals surface area (Å²) in [6, 6.07) is 26.7. The number of nitro benzene ring substituents is 1. The average molecular weight is 678 g/mol. The van der Waals surface area contributed by atoms with Crippen LogP contribution in [0.2, 0.25) is 0 Å². The minimum absolute atomic E-state index is 0.0144. The lowest BCUT2D eigenvalue weighted by Gasteiger charge is -2.25. The van der Waals surface area contributed by atoms with Gasteiger partial charge in [0, 0.05) is 11.1 Å². The summed E-state index contributed by atoms with van der Waals surface area (Å²) >= 11 is 0. The predicted octanol–water partition coefficient (Wildman–Crippen LogP) is 6.70. The van der Waals surface area contributed by atoms with Gasteiger partial charge in [0.25, 0.3) is 5.91 Å². The maximum absolute atomic E-state index is 14.6. The summed E-state index contributed by atoms with van der Waals surface area (Å²) in [4.78, 5) is 60.3. The molecule has 1 amide bonds. The summed E-state index contributed by atoms with van der Waals surface area (Å²) in [6.07, 6.45) is 1.27. The van der Waals surface area contributed by atoms with Gasteiger partial charge in [-0.2, -0.15) is 5.06 Å². The highest BCUT2D eigenvalue weighted by Gasteiger charge is 2.38. The lowest BCUT2D eigenvalue weighted by Crippen LogP contribution is -2.33. The molecule has 5 aromatic rings. The van der Waals surface area contributed by atoms with Gasteiger partial charge in [-0.25, -0.2) is 9.48 Å². The van der Waals surface area contributed by atoms with E-state index in [1.165, 1.54) is 23.9 Å². The number of ether oxygens (including phenoxy) is 2. The van der Waals surface area contributed by atoms with E-state index in [1.807, 2.05) is 6.92 Å². The number of carbonyl (C=O) groups is 3. The third-order valence-corrected chi connectivity index (χ3v) is 7.70.